The summed E-state index contributed by atoms with van der Waals surface area (Å²) in [6.45, 7) is 6.91. The summed E-state index contributed by atoms with van der Waals surface area (Å²) in [5.74, 6) is 0.371. The van der Waals surface area contributed by atoms with Crippen LogP contribution in [0.3, 0.4) is 0 Å². The van der Waals surface area contributed by atoms with E-state index in [1.807, 2.05) is 19.9 Å². The Bertz CT molecular complexity index is 1310. The van der Waals surface area contributed by atoms with E-state index in [1.165, 1.54) is 6.07 Å². The van der Waals surface area contributed by atoms with E-state index in [0.717, 1.165) is 12.1 Å². The number of aromatic nitrogens is 1. The molecule has 2 saturated carbocycles. The fraction of sp³-hybridized carbons (Fsp3) is 0.560. The lowest BCUT2D eigenvalue weighted by atomic mass is 10.0. The van der Waals surface area contributed by atoms with Gasteiger partial charge < -0.3 is 19.7 Å². The summed E-state index contributed by atoms with van der Waals surface area (Å²) in [6.07, 6.45) is -3.97. The van der Waals surface area contributed by atoms with Gasteiger partial charge in [0.15, 0.2) is 9.84 Å². The second kappa shape index (κ2) is 10.9. The average Bonchev–Trinajstić information content (AvgIpc) is 3.26. The first-order valence-electron chi connectivity index (χ1n) is 12.1. The number of benzene rings is 1. The smallest absolute Gasteiger partial charge is 0.417 e. The third-order valence-electron chi connectivity index (χ3n) is 6.46. The van der Waals surface area contributed by atoms with Crippen molar-refractivity contribution >= 4 is 15.9 Å². The molecule has 4 rings (SSSR count). The number of halogens is 3. The molecule has 0 radical (unpaired) electrons. The van der Waals surface area contributed by atoms with Gasteiger partial charge in [-0.3, -0.25) is 0 Å². The third kappa shape index (κ3) is 6.66. The lowest BCUT2D eigenvalue weighted by Gasteiger charge is -2.19. The molecule has 1 aromatic heterocycles. The summed E-state index contributed by atoms with van der Waals surface area (Å²) in [5, 5.41) is 21.5. The van der Waals surface area contributed by atoms with Crippen LogP contribution in [0.15, 0.2) is 27.6 Å². The molecule has 2 aromatic rings. The normalized spacial score (nSPS) is 20.4. The van der Waals surface area contributed by atoms with E-state index in [2.05, 4.69) is 10.5 Å². The highest BCUT2D eigenvalue weighted by atomic mass is 32.2. The number of nitrogens with zero attached hydrogens (tertiary/aromatic N) is 2. The molecule has 0 aliphatic heterocycles. The second-order valence-corrected chi connectivity index (χ2v) is 12.0. The van der Waals surface area contributed by atoms with E-state index in [0.29, 0.717) is 36.3 Å². The van der Waals surface area contributed by atoms with Crippen LogP contribution in [0.2, 0.25) is 0 Å². The molecular formula is C25H30F3N3O6S. The van der Waals surface area contributed by atoms with Gasteiger partial charge in [-0.15, -0.1) is 0 Å². The maximum absolute atomic E-state index is 13.8. The fourth-order valence-corrected chi connectivity index (χ4v) is 6.53. The number of nitriles is 1. The van der Waals surface area contributed by atoms with Crippen LogP contribution in [0.1, 0.15) is 63.0 Å². The van der Waals surface area contributed by atoms with Gasteiger partial charge in [0.2, 0.25) is 0 Å². The number of hydrogen-bond acceptors (Lipinski definition) is 7. The van der Waals surface area contributed by atoms with Crippen LogP contribution in [0, 0.1) is 25.2 Å². The first-order valence-corrected chi connectivity index (χ1v) is 13.6. The summed E-state index contributed by atoms with van der Waals surface area (Å²) < 4.78 is 78.3. The van der Waals surface area contributed by atoms with E-state index in [1.54, 1.807) is 13.8 Å². The summed E-state index contributed by atoms with van der Waals surface area (Å²) in [4.78, 5) is 9.27. The number of carbonyl (C=O) groups is 1. The van der Waals surface area contributed by atoms with Crippen molar-refractivity contribution in [3.05, 3.63) is 35.2 Å². The summed E-state index contributed by atoms with van der Waals surface area (Å²) >= 11 is 0. The summed E-state index contributed by atoms with van der Waals surface area (Å²) in [6, 6.07) is 5.20. The Hall–Kier alpha value is -3.11. The Kier molecular flexibility index (Phi) is 8.48. The number of alkyl halides is 3. The van der Waals surface area contributed by atoms with Crippen molar-refractivity contribution in [1.82, 2.24) is 10.5 Å². The molecule has 1 aromatic carbocycles. The van der Waals surface area contributed by atoms with Crippen LogP contribution >= 0.6 is 0 Å². The van der Waals surface area contributed by atoms with E-state index >= 15 is 0 Å². The number of hydrogen-bond donors (Lipinski definition) is 2. The highest BCUT2D eigenvalue weighted by molar-refractivity contribution is 7.92. The number of aryl methyl sites for hydroxylation is 2. The number of ether oxygens (including phenoxy) is 1. The molecule has 1 amide bonds. The highest BCUT2D eigenvalue weighted by Crippen LogP contribution is 2.41. The highest BCUT2D eigenvalue weighted by Gasteiger charge is 2.45. The first-order chi connectivity index (χ1) is 17.6. The van der Waals surface area contributed by atoms with Crippen molar-refractivity contribution in [2.75, 3.05) is 0 Å². The van der Waals surface area contributed by atoms with Crippen molar-refractivity contribution in [3.63, 3.8) is 0 Å². The maximum Gasteiger partial charge on any atom is 0.417 e. The number of rotatable bonds is 6. The minimum atomic E-state index is -4.82. The molecule has 0 unspecified atom stereocenters. The van der Waals surface area contributed by atoms with Crippen LogP contribution < -0.4 is 5.32 Å². The molecule has 2 aliphatic carbocycles. The first kappa shape index (κ1) is 29.4. The average molecular weight is 558 g/mol. The molecule has 0 bridgehead atoms. The standard InChI is InChI=1S/C20H24F3NO4S.C5H6N2O2/c1-11(2)27-15-6-7-16(10-15)29(25,26)18-8-5-14(9-17(18)20(21,22)23)19-12(3)24-28-13(19)4;6-3-5(1-2-5)7-4(8)9/h5,8-9,11,15-16H,6-7,10H2,1-4H3;7H,1-2H2,(H,8,9)/t15-,16-;/m0./s1. The second-order valence-electron chi connectivity index (χ2n) is 9.82. The van der Waals surface area contributed by atoms with Gasteiger partial charge in [0.25, 0.3) is 0 Å². The Morgan fingerprint density at radius 2 is 1.95 bits per heavy atom. The van der Waals surface area contributed by atoms with Gasteiger partial charge in [0, 0.05) is 5.56 Å². The predicted octanol–water partition coefficient (Wildman–Crippen LogP) is 5.41. The monoisotopic (exact) mass is 557 g/mol. The van der Waals surface area contributed by atoms with Crippen molar-refractivity contribution in [2.24, 2.45) is 0 Å². The molecule has 1 heterocycles. The lowest BCUT2D eigenvalue weighted by Crippen LogP contribution is -2.33. The van der Waals surface area contributed by atoms with E-state index < -0.39 is 43.4 Å². The minimum Gasteiger partial charge on any atom is -0.465 e. The number of sulfone groups is 1. The van der Waals surface area contributed by atoms with Crippen LogP contribution in [-0.4, -0.2) is 47.8 Å². The van der Waals surface area contributed by atoms with Crippen LogP contribution in [0.25, 0.3) is 11.1 Å². The topological polar surface area (TPSA) is 143 Å². The van der Waals surface area contributed by atoms with Gasteiger partial charge in [0.05, 0.1) is 39.7 Å². The van der Waals surface area contributed by atoms with E-state index in [4.69, 9.17) is 19.6 Å². The van der Waals surface area contributed by atoms with Gasteiger partial charge in [-0.05, 0) is 77.5 Å². The molecule has 13 heteroatoms. The number of carboxylic acid groups (broad SMARTS) is 1. The zero-order valence-corrected chi connectivity index (χ0v) is 22.2. The molecule has 208 valence electrons. The van der Waals surface area contributed by atoms with Gasteiger partial charge >= 0.3 is 12.3 Å². The third-order valence-corrected chi connectivity index (χ3v) is 8.74. The predicted molar refractivity (Wildman–Crippen MR) is 130 cm³/mol. The fourth-order valence-electron chi connectivity index (χ4n) is 4.52. The van der Waals surface area contributed by atoms with Gasteiger partial charge in [-0.1, -0.05) is 11.2 Å². The number of amides is 1. The lowest BCUT2D eigenvalue weighted by molar-refractivity contribution is -0.139. The molecule has 0 saturated heterocycles. The van der Waals surface area contributed by atoms with Crippen LogP contribution in [0.4, 0.5) is 18.0 Å². The molecular weight excluding hydrogens is 527 g/mol. The Labute approximate surface area is 218 Å². The van der Waals surface area contributed by atoms with Crippen molar-refractivity contribution in [3.8, 4) is 17.2 Å². The summed E-state index contributed by atoms with van der Waals surface area (Å²) in [5.41, 5.74) is -0.796. The van der Waals surface area contributed by atoms with Gasteiger partial charge in [-0.2, -0.15) is 18.4 Å². The Morgan fingerprint density at radius 3 is 2.39 bits per heavy atom. The molecule has 0 spiro atoms. The molecule has 9 nitrogen and oxygen atoms in total. The molecule has 2 atom stereocenters. The molecule has 38 heavy (non-hydrogen) atoms. The Balaban J connectivity index is 0.000000375. The number of nitrogens with one attached hydrogen (secondary N) is 1. The molecule has 2 aliphatic rings. The summed E-state index contributed by atoms with van der Waals surface area (Å²) in [7, 11) is -4.17. The maximum atomic E-state index is 13.8. The quantitative estimate of drug-likeness (QED) is 0.480. The molecule has 2 fully saturated rings. The Morgan fingerprint density at radius 1 is 1.29 bits per heavy atom. The van der Waals surface area contributed by atoms with Crippen LogP contribution in [0.5, 0.6) is 0 Å². The van der Waals surface area contributed by atoms with Crippen molar-refractivity contribution in [2.45, 2.75) is 93.9 Å². The van der Waals surface area contributed by atoms with E-state index in [-0.39, 0.29) is 30.6 Å². The van der Waals surface area contributed by atoms with E-state index in [9.17, 15) is 26.4 Å². The van der Waals surface area contributed by atoms with Gasteiger partial charge in [0.1, 0.15) is 11.3 Å². The zero-order chi connectivity index (χ0) is 28.5. The van der Waals surface area contributed by atoms with Crippen molar-refractivity contribution < 1.29 is 40.8 Å². The van der Waals surface area contributed by atoms with Crippen LogP contribution in [-0.2, 0) is 20.8 Å². The molecule has 2 N–H and O–H groups in total. The SMILES string of the molecule is Cc1noc(C)c1-c1ccc(S(=O)(=O)[C@H]2CC[C@H](OC(C)C)C2)c(C(F)(F)F)c1.N#CC1(NC(=O)O)CC1. The van der Waals surface area contributed by atoms with Crippen molar-refractivity contribution in [1.29, 1.82) is 5.26 Å². The minimum absolute atomic E-state index is 0.0680. The van der Waals surface area contributed by atoms with Gasteiger partial charge in [-0.25, -0.2) is 13.2 Å². The largest absolute Gasteiger partial charge is 0.465 e. The zero-order valence-electron chi connectivity index (χ0n) is 21.4.